The maximum Gasteiger partial charge on any atom is 0.248 e. The number of likely N-dealkylation sites (N-methyl/N-ethyl adjacent to an activating group) is 1. The lowest BCUT2D eigenvalue weighted by Gasteiger charge is -2.35. The molecule has 1 amide bonds. The first-order valence-corrected chi connectivity index (χ1v) is 9.56. The van der Waals surface area contributed by atoms with E-state index in [1.807, 2.05) is 6.07 Å². The molecule has 25 heavy (non-hydrogen) atoms. The van der Waals surface area contributed by atoms with Crippen molar-refractivity contribution in [3.05, 3.63) is 47.5 Å². The van der Waals surface area contributed by atoms with Gasteiger partial charge < -0.3 is 9.47 Å². The quantitative estimate of drug-likeness (QED) is 0.792. The van der Waals surface area contributed by atoms with Gasteiger partial charge in [-0.25, -0.2) is 8.42 Å². The summed E-state index contributed by atoms with van der Waals surface area (Å²) in [5.41, 5.74) is 0.682. The average molecular weight is 363 g/mol. The number of benzene rings is 1. The number of nitrogens with zero attached hydrogens (tertiary/aromatic N) is 5. The first-order valence-electron chi connectivity index (χ1n) is 7.95. The largest absolute Gasteiger partial charge is 0.347 e. The smallest absolute Gasteiger partial charge is 0.248 e. The lowest BCUT2D eigenvalue weighted by molar-refractivity contribution is -0.133. The summed E-state index contributed by atoms with van der Waals surface area (Å²) >= 11 is 0. The standard InChI is InChI=1S/C16H21N5O3S/c1-12-17-18-15-14(16(22)19(2)3)21(10-9-20(12)15)25(23,24)11-13-7-5-4-6-8-13/h4-8,14H,9-11H2,1-3H3. The molecular weight excluding hydrogens is 342 g/mol. The topological polar surface area (TPSA) is 88.4 Å². The number of aromatic nitrogens is 3. The van der Waals surface area contributed by atoms with E-state index >= 15 is 0 Å². The number of sulfonamides is 1. The summed E-state index contributed by atoms with van der Waals surface area (Å²) < 4.78 is 29.1. The molecule has 1 aliphatic heterocycles. The van der Waals surface area contributed by atoms with Gasteiger partial charge >= 0.3 is 0 Å². The summed E-state index contributed by atoms with van der Waals surface area (Å²) in [5, 5.41) is 8.08. The predicted octanol–water partition coefficient (Wildman–Crippen LogP) is 0.561. The molecule has 1 unspecified atom stereocenters. The first-order chi connectivity index (χ1) is 11.8. The second kappa shape index (κ2) is 6.57. The SMILES string of the molecule is Cc1nnc2n1CCN(S(=O)(=O)Cc1ccccc1)C2C(=O)N(C)C. The number of aryl methyl sites for hydroxylation is 1. The third-order valence-corrected chi connectivity index (χ3v) is 6.07. The molecule has 9 heteroatoms. The van der Waals surface area contributed by atoms with Crippen molar-refractivity contribution >= 4 is 15.9 Å². The van der Waals surface area contributed by atoms with Crippen LogP contribution in [0.15, 0.2) is 30.3 Å². The molecule has 134 valence electrons. The molecule has 1 aliphatic rings. The highest BCUT2D eigenvalue weighted by atomic mass is 32.2. The molecule has 0 saturated carbocycles. The molecule has 8 nitrogen and oxygen atoms in total. The van der Waals surface area contributed by atoms with E-state index in [1.165, 1.54) is 9.21 Å². The van der Waals surface area contributed by atoms with Gasteiger partial charge in [0.15, 0.2) is 11.9 Å². The van der Waals surface area contributed by atoms with Crippen molar-refractivity contribution in [1.82, 2.24) is 24.0 Å². The first kappa shape index (κ1) is 17.6. The van der Waals surface area contributed by atoms with E-state index in [-0.39, 0.29) is 18.2 Å². The van der Waals surface area contributed by atoms with Crippen LogP contribution in [0.2, 0.25) is 0 Å². The fourth-order valence-corrected chi connectivity index (χ4v) is 4.62. The third-order valence-electron chi connectivity index (χ3n) is 4.26. The molecule has 0 radical (unpaired) electrons. The monoisotopic (exact) mass is 363 g/mol. The zero-order chi connectivity index (χ0) is 18.2. The lowest BCUT2D eigenvalue weighted by Crippen LogP contribution is -2.49. The predicted molar refractivity (Wildman–Crippen MR) is 92.0 cm³/mol. The minimum atomic E-state index is -3.69. The number of fused-ring (bicyclic) bond motifs is 1. The summed E-state index contributed by atoms with van der Waals surface area (Å²) in [5.74, 6) is 0.564. The van der Waals surface area contributed by atoms with Gasteiger partial charge in [-0.3, -0.25) is 4.79 Å². The van der Waals surface area contributed by atoms with Crippen LogP contribution in [0, 0.1) is 6.92 Å². The van der Waals surface area contributed by atoms with Crippen LogP contribution in [0.3, 0.4) is 0 Å². The second-order valence-corrected chi connectivity index (χ2v) is 8.17. The van der Waals surface area contributed by atoms with Gasteiger partial charge in [-0.05, 0) is 12.5 Å². The highest BCUT2D eigenvalue weighted by Gasteiger charge is 2.42. The van der Waals surface area contributed by atoms with E-state index in [0.29, 0.717) is 23.8 Å². The summed E-state index contributed by atoms with van der Waals surface area (Å²) in [6.07, 6.45) is 0. The van der Waals surface area contributed by atoms with Crippen molar-refractivity contribution in [3.8, 4) is 0 Å². The Morgan fingerprint density at radius 2 is 1.88 bits per heavy atom. The molecule has 2 heterocycles. The fraction of sp³-hybridized carbons (Fsp3) is 0.438. The number of rotatable bonds is 4. The van der Waals surface area contributed by atoms with Gasteiger partial charge in [0, 0.05) is 27.2 Å². The van der Waals surface area contributed by atoms with Crippen LogP contribution >= 0.6 is 0 Å². The van der Waals surface area contributed by atoms with Crippen molar-refractivity contribution in [2.24, 2.45) is 0 Å². The minimum absolute atomic E-state index is 0.155. The van der Waals surface area contributed by atoms with E-state index in [1.54, 1.807) is 49.9 Å². The van der Waals surface area contributed by atoms with Crippen LogP contribution < -0.4 is 0 Å². The number of hydrogen-bond donors (Lipinski definition) is 0. The van der Waals surface area contributed by atoms with Crippen molar-refractivity contribution in [1.29, 1.82) is 0 Å². The minimum Gasteiger partial charge on any atom is -0.347 e. The van der Waals surface area contributed by atoms with E-state index in [4.69, 9.17) is 0 Å². The molecule has 1 atom stereocenters. The molecule has 1 aromatic heterocycles. The molecule has 0 N–H and O–H groups in total. The van der Waals surface area contributed by atoms with Crippen LogP contribution in [-0.2, 0) is 27.1 Å². The fourth-order valence-electron chi connectivity index (χ4n) is 2.98. The molecule has 1 aromatic carbocycles. The normalized spacial score (nSPS) is 18.0. The number of carbonyl (C=O) groups is 1. The Kier molecular flexibility index (Phi) is 4.61. The molecule has 0 bridgehead atoms. The zero-order valence-corrected chi connectivity index (χ0v) is 15.3. The average Bonchev–Trinajstić information content (AvgIpc) is 2.95. The summed E-state index contributed by atoms with van der Waals surface area (Å²) in [7, 11) is -0.485. The van der Waals surface area contributed by atoms with Gasteiger partial charge in [-0.2, -0.15) is 4.31 Å². The Hall–Kier alpha value is -2.26. The Balaban J connectivity index is 2.00. The van der Waals surface area contributed by atoms with Crippen molar-refractivity contribution < 1.29 is 13.2 Å². The molecule has 3 rings (SSSR count). The highest BCUT2D eigenvalue weighted by molar-refractivity contribution is 7.88. The van der Waals surface area contributed by atoms with Crippen LogP contribution in [0.5, 0.6) is 0 Å². The van der Waals surface area contributed by atoms with Gasteiger partial charge in [0.05, 0.1) is 5.75 Å². The van der Waals surface area contributed by atoms with Crippen molar-refractivity contribution in [2.45, 2.75) is 25.3 Å². The van der Waals surface area contributed by atoms with E-state index < -0.39 is 16.1 Å². The lowest BCUT2D eigenvalue weighted by atomic mass is 10.2. The van der Waals surface area contributed by atoms with E-state index in [9.17, 15) is 13.2 Å². The number of carbonyl (C=O) groups excluding carboxylic acids is 1. The maximum absolute atomic E-state index is 13.0. The van der Waals surface area contributed by atoms with Crippen molar-refractivity contribution in [2.75, 3.05) is 20.6 Å². The Labute approximate surface area is 147 Å². The van der Waals surface area contributed by atoms with Crippen LogP contribution in [0.4, 0.5) is 0 Å². The van der Waals surface area contributed by atoms with Gasteiger partial charge in [0.25, 0.3) is 0 Å². The molecule has 2 aromatic rings. The van der Waals surface area contributed by atoms with Gasteiger partial charge in [-0.15, -0.1) is 10.2 Å². The van der Waals surface area contributed by atoms with Gasteiger partial charge in [0.1, 0.15) is 5.82 Å². The molecular formula is C16H21N5O3S. The summed E-state index contributed by atoms with van der Waals surface area (Å²) in [6, 6.07) is 7.96. The van der Waals surface area contributed by atoms with E-state index in [0.717, 1.165) is 0 Å². The Bertz CT molecular complexity index is 876. The third kappa shape index (κ3) is 3.29. The summed E-state index contributed by atoms with van der Waals surface area (Å²) in [4.78, 5) is 14.1. The molecule has 0 spiro atoms. The number of hydrogen-bond acceptors (Lipinski definition) is 5. The molecule has 0 fully saturated rings. The highest BCUT2D eigenvalue weighted by Crippen LogP contribution is 2.30. The number of amides is 1. The van der Waals surface area contributed by atoms with Crippen LogP contribution in [0.25, 0.3) is 0 Å². The van der Waals surface area contributed by atoms with Gasteiger partial charge in [0.2, 0.25) is 15.9 Å². The molecule has 0 aliphatic carbocycles. The van der Waals surface area contributed by atoms with Gasteiger partial charge in [-0.1, -0.05) is 30.3 Å². The Morgan fingerprint density at radius 3 is 2.52 bits per heavy atom. The summed E-state index contributed by atoms with van der Waals surface area (Å²) in [6.45, 7) is 2.44. The van der Waals surface area contributed by atoms with Crippen LogP contribution in [-0.4, -0.2) is 58.9 Å². The van der Waals surface area contributed by atoms with Crippen molar-refractivity contribution in [3.63, 3.8) is 0 Å². The van der Waals surface area contributed by atoms with E-state index in [2.05, 4.69) is 10.2 Å². The van der Waals surface area contributed by atoms with Crippen LogP contribution in [0.1, 0.15) is 23.3 Å². The molecule has 0 saturated heterocycles. The zero-order valence-electron chi connectivity index (χ0n) is 14.5. The Morgan fingerprint density at radius 1 is 1.20 bits per heavy atom. The second-order valence-electron chi connectivity index (χ2n) is 6.24. The maximum atomic E-state index is 13.0.